The second-order valence-electron chi connectivity index (χ2n) is 4.98. The molecule has 0 bridgehead atoms. The monoisotopic (exact) mass is 383 g/mol. The van der Waals surface area contributed by atoms with Crippen LogP contribution in [0.15, 0.2) is 33.6 Å². The molecule has 2 heterocycles. The molecule has 0 unspecified atom stereocenters. The highest BCUT2D eigenvalue weighted by Crippen LogP contribution is 2.33. The van der Waals surface area contributed by atoms with Crippen LogP contribution in [0.3, 0.4) is 0 Å². The number of nitrogens with zero attached hydrogens (tertiary/aromatic N) is 1. The summed E-state index contributed by atoms with van der Waals surface area (Å²) in [6.07, 6.45) is 4.08. The Morgan fingerprint density at radius 2 is 2.19 bits per heavy atom. The second-order valence-corrected chi connectivity index (χ2v) is 7.57. The van der Waals surface area contributed by atoms with Crippen molar-refractivity contribution in [1.82, 2.24) is 4.90 Å². The molecule has 1 amide bonds. The molecule has 0 aliphatic carbocycles. The van der Waals surface area contributed by atoms with Gasteiger partial charge in [-0.3, -0.25) is 9.69 Å². The zero-order valence-corrected chi connectivity index (χ0v) is 14.5. The first-order valence-corrected chi connectivity index (χ1v) is 8.78. The fourth-order valence-corrected chi connectivity index (χ4v) is 3.90. The van der Waals surface area contributed by atoms with E-state index in [1.165, 1.54) is 11.8 Å². The molecule has 3 nitrogen and oxygen atoms in total. The van der Waals surface area contributed by atoms with Crippen LogP contribution < -0.4 is 0 Å². The van der Waals surface area contributed by atoms with Crippen molar-refractivity contribution >= 4 is 56.2 Å². The largest absolute Gasteiger partial charge is 0.376 e. The molecule has 2 aliphatic rings. The number of hydrogen-bond acceptors (Lipinski definition) is 4. The van der Waals surface area contributed by atoms with Crippen LogP contribution in [0.1, 0.15) is 18.4 Å². The van der Waals surface area contributed by atoms with Gasteiger partial charge in [0, 0.05) is 11.1 Å². The lowest BCUT2D eigenvalue weighted by molar-refractivity contribution is -0.123. The summed E-state index contributed by atoms with van der Waals surface area (Å²) in [5, 5.41) is 0. The third kappa shape index (κ3) is 3.56. The van der Waals surface area contributed by atoms with Gasteiger partial charge in [-0.2, -0.15) is 0 Å². The molecule has 0 spiro atoms. The standard InChI is InChI=1S/C15H14BrNO2S2/c16-11-5-3-10(4-6-11)8-13-14(18)17(15(20)21-13)9-12-2-1-7-19-12/h3-6,8,12H,1-2,7,9H2/b13-8-/t12-/m0/s1. The van der Waals surface area contributed by atoms with Crippen molar-refractivity contribution in [2.45, 2.75) is 18.9 Å². The highest BCUT2D eigenvalue weighted by molar-refractivity contribution is 9.10. The highest BCUT2D eigenvalue weighted by Gasteiger charge is 2.34. The van der Waals surface area contributed by atoms with Crippen LogP contribution in [0.4, 0.5) is 0 Å². The lowest BCUT2D eigenvalue weighted by atomic mass is 10.2. The fourth-order valence-electron chi connectivity index (χ4n) is 2.36. The van der Waals surface area contributed by atoms with E-state index in [4.69, 9.17) is 17.0 Å². The maximum absolute atomic E-state index is 12.5. The maximum atomic E-state index is 12.5. The van der Waals surface area contributed by atoms with Crippen LogP contribution in [0.2, 0.25) is 0 Å². The SMILES string of the molecule is O=C1/C(=C/c2ccc(Br)cc2)SC(=S)N1C[C@@H]1CCCO1. The number of halogens is 1. The molecule has 1 aromatic carbocycles. The summed E-state index contributed by atoms with van der Waals surface area (Å²) in [5.41, 5.74) is 0.996. The molecule has 0 N–H and O–H groups in total. The van der Waals surface area contributed by atoms with Gasteiger partial charge < -0.3 is 4.74 Å². The Morgan fingerprint density at radius 1 is 1.43 bits per heavy atom. The third-order valence-electron chi connectivity index (χ3n) is 3.45. The van der Waals surface area contributed by atoms with Gasteiger partial charge in [-0.05, 0) is 36.6 Å². The van der Waals surface area contributed by atoms with E-state index in [0.29, 0.717) is 15.8 Å². The topological polar surface area (TPSA) is 29.5 Å². The summed E-state index contributed by atoms with van der Waals surface area (Å²) < 4.78 is 7.23. The van der Waals surface area contributed by atoms with Crippen LogP contribution in [-0.4, -0.2) is 34.4 Å². The number of rotatable bonds is 3. The Hall–Kier alpha value is -0.690. The van der Waals surface area contributed by atoms with Crippen LogP contribution in [0, 0.1) is 0 Å². The van der Waals surface area contributed by atoms with Gasteiger partial charge in [0.05, 0.1) is 17.6 Å². The Labute approximate surface area is 141 Å². The third-order valence-corrected chi connectivity index (χ3v) is 5.36. The summed E-state index contributed by atoms with van der Waals surface area (Å²) in [6.45, 7) is 1.36. The van der Waals surface area contributed by atoms with E-state index in [1.54, 1.807) is 4.90 Å². The normalized spacial score (nSPS) is 24.3. The van der Waals surface area contributed by atoms with E-state index in [2.05, 4.69) is 15.9 Å². The van der Waals surface area contributed by atoms with Crippen molar-refractivity contribution in [3.63, 3.8) is 0 Å². The molecule has 2 fully saturated rings. The average molecular weight is 384 g/mol. The van der Waals surface area contributed by atoms with Gasteiger partial charge in [0.2, 0.25) is 0 Å². The first-order chi connectivity index (χ1) is 10.1. The molecule has 110 valence electrons. The summed E-state index contributed by atoms with van der Waals surface area (Å²) in [4.78, 5) is 14.8. The summed E-state index contributed by atoms with van der Waals surface area (Å²) in [5.74, 6) is -0.0107. The van der Waals surface area contributed by atoms with Crippen molar-refractivity contribution in [1.29, 1.82) is 0 Å². The molecule has 1 atom stereocenters. The predicted octanol–water partition coefficient (Wildman–Crippen LogP) is 3.83. The van der Waals surface area contributed by atoms with Gasteiger partial charge in [0.15, 0.2) is 0 Å². The molecule has 0 saturated carbocycles. The molecule has 6 heteroatoms. The minimum absolute atomic E-state index is 0.0107. The van der Waals surface area contributed by atoms with Crippen molar-refractivity contribution in [2.75, 3.05) is 13.2 Å². The lowest BCUT2D eigenvalue weighted by Crippen LogP contribution is -2.35. The zero-order chi connectivity index (χ0) is 14.8. The van der Waals surface area contributed by atoms with Gasteiger partial charge >= 0.3 is 0 Å². The van der Waals surface area contributed by atoms with E-state index in [9.17, 15) is 4.79 Å². The molecular formula is C15H14BrNO2S2. The van der Waals surface area contributed by atoms with Crippen LogP contribution >= 0.6 is 39.9 Å². The smallest absolute Gasteiger partial charge is 0.266 e. The second kappa shape index (κ2) is 6.60. The first kappa shape index (κ1) is 15.2. The Balaban J connectivity index is 1.74. The number of carbonyl (C=O) groups excluding carboxylic acids is 1. The van der Waals surface area contributed by atoms with Gasteiger partial charge in [-0.25, -0.2) is 0 Å². The van der Waals surface area contributed by atoms with Crippen molar-refractivity contribution in [3.8, 4) is 0 Å². The van der Waals surface area contributed by atoms with E-state index < -0.39 is 0 Å². The number of amides is 1. The number of carbonyl (C=O) groups is 1. The average Bonchev–Trinajstić information content (AvgIpc) is 3.06. The Kier molecular flexibility index (Phi) is 4.78. The van der Waals surface area contributed by atoms with E-state index >= 15 is 0 Å². The number of ether oxygens (including phenoxy) is 1. The molecule has 21 heavy (non-hydrogen) atoms. The van der Waals surface area contributed by atoms with Crippen LogP contribution in [-0.2, 0) is 9.53 Å². The molecule has 2 aliphatic heterocycles. The molecule has 1 aromatic rings. The molecular weight excluding hydrogens is 370 g/mol. The summed E-state index contributed by atoms with van der Waals surface area (Å²) >= 11 is 10.1. The Bertz CT molecular complexity index is 594. The molecule has 0 radical (unpaired) electrons. The van der Waals surface area contributed by atoms with Crippen molar-refractivity contribution in [2.24, 2.45) is 0 Å². The Morgan fingerprint density at radius 3 is 2.86 bits per heavy atom. The fraction of sp³-hybridized carbons (Fsp3) is 0.333. The van der Waals surface area contributed by atoms with Gasteiger partial charge in [0.25, 0.3) is 5.91 Å². The van der Waals surface area contributed by atoms with Crippen LogP contribution in [0.25, 0.3) is 6.08 Å². The lowest BCUT2D eigenvalue weighted by Gasteiger charge is -2.18. The van der Waals surface area contributed by atoms with Crippen molar-refractivity contribution < 1.29 is 9.53 Å². The van der Waals surface area contributed by atoms with E-state index in [0.717, 1.165) is 29.5 Å². The quantitative estimate of drug-likeness (QED) is 0.585. The molecule has 2 saturated heterocycles. The van der Waals surface area contributed by atoms with Gasteiger partial charge in [-0.1, -0.05) is 52.0 Å². The van der Waals surface area contributed by atoms with Gasteiger partial charge in [-0.15, -0.1) is 0 Å². The number of benzene rings is 1. The van der Waals surface area contributed by atoms with Crippen molar-refractivity contribution in [3.05, 3.63) is 39.2 Å². The predicted molar refractivity (Wildman–Crippen MR) is 93.0 cm³/mol. The first-order valence-electron chi connectivity index (χ1n) is 6.76. The highest BCUT2D eigenvalue weighted by atomic mass is 79.9. The maximum Gasteiger partial charge on any atom is 0.266 e. The van der Waals surface area contributed by atoms with Crippen LogP contribution in [0.5, 0.6) is 0 Å². The van der Waals surface area contributed by atoms with E-state index in [1.807, 2.05) is 30.3 Å². The summed E-state index contributed by atoms with van der Waals surface area (Å²) in [7, 11) is 0. The number of hydrogen-bond donors (Lipinski definition) is 0. The van der Waals surface area contributed by atoms with Gasteiger partial charge in [0.1, 0.15) is 4.32 Å². The molecule has 0 aromatic heterocycles. The minimum atomic E-state index is -0.0107. The molecule has 3 rings (SSSR count). The summed E-state index contributed by atoms with van der Waals surface area (Å²) in [6, 6.07) is 7.85. The number of thioether (sulfide) groups is 1. The minimum Gasteiger partial charge on any atom is -0.376 e. The van der Waals surface area contributed by atoms with E-state index in [-0.39, 0.29) is 12.0 Å². The zero-order valence-electron chi connectivity index (χ0n) is 11.3. The number of thiocarbonyl (C=S) groups is 1.